The fraction of sp³-hybridized carbons (Fsp3) is 0.208. The van der Waals surface area contributed by atoms with Crippen molar-refractivity contribution in [3.63, 3.8) is 0 Å². The number of carbonyl (C=O) groups is 2. The Labute approximate surface area is 194 Å². The summed E-state index contributed by atoms with van der Waals surface area (Å²) in [4.78, 5) is 54.6. The molecule has 2 aromatic heterocycles. The van der Waals surface area contributed by atoms with E-state index in [1.165, 1.54) is 29.6 Å². The molecule has 10 nitrogen and oxygen atoms in total. The van der Waals surface area contributed by atoms with E-state index in [1.54, 1.807) is 24.3 Å². The number of imidazole rings is 1. The summed E-state index contributed by atoms with van der Waals surface area (Å²) in [6, 6.07) is 16.0. The van der Waals surface area contributed by atoms with Crippen molar-refractivity contribution in [3.05, 3.63) is 92.9 Å². The van der Waals surface area contributed by atoms with Crippen LogP contribution in [-0.2, 0) is 25.4 Å². The number of hydrogen-bond acceptors (Lipinski definition) is 5. The summed E-state index contributed by atoms with van der Waals surface area (Å²) >= 11 is 0. The Bertz CT molecular complexity index is 1500. The SMILES string of the molecule is CC(NC(=O)c1ccccc1NC(=O)Cn1cnc2c1c(=O)n(C)c(=O)n2C)c1ccccc1. The Balaban J connectivity index is 1.54. The van der Waals surface area contributed by atoms with Gasteiger partial charge in [0, 0.05) is 14.1 Å². The zero-order valence-corrected chi connectivity index (χ0v) is 19.0. The number of fused-ring (bicyclic) bond motifs is 1. The second-order valence-electron chi connectivity index (χ2n) is 7.95. The molecule has 2 heterocycles. The maximum absolute atomic E-state index is 12.9. The van der Waals surface area contributed by atoms with E-state index in [9.17, 15) is 19.2 Å². The van der Waals surface area contributed by atoms with Crippen LogP contribution in [-0.4, -0.2) is 30.5 Å². The van der Waals surface area contributed by atoms with Gasteiger partial charge in [-0.2, -0.15) is 0 Å². The van der Waals surface area contributed by atoms with Crippen molar-refractivity contribution in [3.8, 4) is 0 Å². The van der Waals surface area contributed by atoms with E-state index in [2.05, 4.69) is 15.6 Å². The number of carbonyl (C=O) groups excluding carboxylic acids is 2. The number of aryl methyl sites for hydroxylation is 1. The molecule has 4 rings (SSSR count). The Hall–Kier alpha value is -4.47. The van der Waals surface area contributed by atoms with Gasteiger partial charge in [-0.1, -0.05) is 42.5 Å². The Morgan fingerprint density at radius 2 is 1.65 bits per heavy atom. The van der Waals surface area contributed by atoms with Crippen molar-refractivity contribution >= 4 is 28.7 Å². The molecule has 1 atom stereocenters. The van der Waals surface area contributed by atoms with E-state index in [0.717, 1.165) is 10.1 Å². The van der Waals surface area contributed by atoms with Gasteiger partial charge in [0.25, 0.3) is 11.5 Å². The first kappa shape index (κ1) is 22.7. The number of nitrogens with zero attached hydrogens (tertiary/aromatic N) is 4. The van der Waals surface area contributed by atoms with Gasteiger partial charge in [0.1, 0.15) is 6.54 Å². The predicted octanol–water partition coefficient (Wildman–Crippen LogP) is 1.56. The zero-order chi connectivity index (χ0) is 24.4. The second kappa shape index (κ2) is 9.18. The Morgan fingerprint density at radius 3 is 2.38 bits per heavy atom. The molecule has 0 radical (unpaired) electrons. The molecule has 0 aliphatic heterocycles. The molecule has 4 aromatic rings. The first-order valence-corrected chi connectivity index (χ1v) is 10.6. The van der Waals surface area contributed by atoms with Gasteiger partial charge in [-0.25, -0.2) is 9.78 Å². The maximum Gasteiger partial charge on any atom is 0.332 e. The number of aromatic nitrogens is 4. The minimum absolute atomic E-state index is 0.141. The average molecular weight is 460 g/mol. The predicted molar refractivity (Wildman–Crippen MR) is 128 cm³/mol. The number of amides is 2. The molecule has 34 heavy (non-hydrogen) atoms. The largest absolute Gasteiger partial charge is 0.345 e. The minimum Gasteiger partial charge on any atom is -0.345 e. The molecule has 2 amide bonds. The van der Waals surface area contributed by atoms with E-state index in [1.807, 2.05) is 37.3 Å². The van der Waals surface area contributed by atoms with Crippen molar-refractivity contribution in [1.82, 2.24) is 24.0 Å². The molecule has 0 spiro atoms. The molecule has 2 N–H and O–H groups in total. The van der Waals surface area contributed by atoms with Crippen LogP contribution in [0.3, 0.4) is 0 Å². The number of benzene rings is 2. The van der Waals surface area contributed by atoms with Gasteiger partial charge in [-0.3, -0.25) is 23.5 Å². The van der Waals surface area contributed by atoms with Crippen LogP contribution >= 0.6 is 0 Å². The van der Waals surface area contributed by atoms with Crippen LogP contribution in [0.5, 0.6) is 0 Å². The highest BCUT2D eigenvalue weighted by atomic mass is 16.2. The van der Waals surface area contributed by atoms with Crippen LogP contribution in [0.1, 0.15) is 28.9 Å². The standard InChI is InChI=1S/C24H24N6O4/c1-15(16-9-5-4-6-10-16)26-22(32)17-11-7-8-12-18(17)27-19(31)13-30-14-25-21-20(30)23(33)29(3)24(34)28(21)2/h4-12,14-15H,13H2,1-3H3,(H,26,32)(H,27,31). The summed E-state index contributed by atoms with van der Waals surface area (Å²) < 4.78 is 3.59. The van der Waals surface area contributed by atoms with E-state index >= 15 is 0 Å². The smallest absolute Gasteiger partial charge is 0.332 e. The third-order valence-corrected chi connectivity index (χ3v) is 5.62. The summed E-state index contributed by atoms with van der Waals surface area (Å²) in [5.41, 5.74) is 0.899. The number of rotatable bonds is 6. The van der Waals surface area contributed by atoms with Gasteiger partial charge in [-0.15, -0.1) is 0 Å². The van der Waals surface area contributed by atoms with Gasteiger partial charge >= 0.3 is 5.69 Å². The number of nitrogens with one attached hydrogen (secondary N) is 2. The van der Waals surface area contributed by atoms with E-state index in [4.69, 9.17) is 0 Å². The van der Waals surface area contributed by atoms with Gasteiger partial charge in [0.2, 0.25) is 5.91 Å². The van der Waals surface area contributed by atoms with Crippen LogP contribution < -0.4 is 21.9 Å². The fourth-order valence-electron chi connectivity index (χ4n) is 3.75. The number of hydrogen-bond donors (Lipinski definition) is 2. The second-order valence-corrected chi connectivity index (χ2v) is 7.95. The number of anilines is 1. The van der Waals surface area contributed by atoms with E-state index in [-0.39, 0.29) is 29.7 Å². The minimum atomic E-state index is -0.543. The van der Waals surface area contributed by atoms with E-state index in [0.29, 0.717) is 11.3 Å². The first-order valence-electron chi connectivity index (χ1n) is 10.6. The lowest BCUT2D eigenvalue weighted by molar-refractivity contribution is -0.116. The molecule has 0 saturated carbocycles. The molecule has 0 bridgehead atoms. The van der Waals surface area contributed by atoms with Crippen molar-refractivity contribution in [2.24, 2.45) is 14.1 Å². The molecule has 2 aromatic carbocycles. The average Bonchev–Trinajstić information content (AvgIpc) is 3.25. The first-order chi connectivity index (χ1) is 16.3. The molecule has 0 aliphatic carbocycles. The summed E-state index contributed by atoms with van der Waals surface area (Å²) in [5.74, 6) is -0.782. The number of para-hydroxylation sites is 1. The highest BCUT2D eigenvalue weighted by molar-refractivity contribution is 6.04. The third kappa shape index (κ3) is 4.25. The van der Waals surface area contributed by atoms with Crippen molar-refractivity contribution in [2.45, 2.75) is 19.5 Å². The van der Waals surface area contributed by atoms with Crippen LogP contribution in [0, 0.1) is 0 Å². The lowest BCUT2D eigenvalue weighted by Crippen LogP contribution is -2.37. The molecular weight excluding hydrogens is 436 g/mol. The Kier molecular flexibility index (Phi) is 6.13. The normalized spacial score (nSPS) is 11.9. The topological polar surface area (TPSA) is 120 Å². The quantitative estimate of drug-likeness (QED) is 0.453. The van der Waals surface area contributed by atoms with Crippen LogP contribution in [0.25, 0.3) is 11.2 Å². The lowest BCUT2D eigenvalue weighted by Gasteiger charge is -2.16. The Morgan fingerprint density at radius 1 is 0.971 bits per heavy atom. The van der Waals surface area contributed by atoms with Crippen LogP contribution in [0.2, 0.25) is 0 Å². The summed E-state index contributed by atoms with van der Waals surface area (Å²) in [5, 5.41) is 5.68. The van der Waals surface area contributed by atoms with E-state index < -0.39 is 17.2 Å². The maximum atomic E-state index is 12.9. The van der Waals surface area contributed by atoms with Gasteiger partial charge in [0.05, 0.1) is 23.6 Å². The molecule has 174 valence electrons. The fourth-order valence-corrected chi connectivity index (χ4v) is 3.75. The highest BCUT2D eigenvalue weighted by Gasteiger charge is 2.18. The molecule has 0 aliphatic rings. The van der Waals surface area contributed by atoms with Gasteiger partial charge in [0.15, 0.2) is 11.2 Å². The summed E-state index contributed by atoms with van der Waals surface area (Å²) in [7, 11) is 2.87. The molecular formula is C24H24N6O4. The third-order valence-electron chi connectivity index (χ3n) is 5.62. The molecule has 1 unspecified atom stereocenters. The molecule has 0 fully saturated rings. The summed E-state index contributed by atoms with van der Waals surface area (Å²) in [6.07, 6.45) is 1.34. The van der Waals surface area contributed by atoms with Crippen LogP contribution in [0.15, 0.2) is 70.5 Å². The monoisotopic (exact) mass is 460 g/mol. The lowest BCUT2D eigenvalue weighted by atomic mass is 10.1. The van der Waals surface area contributed by atoms with Gasteiger partial charge < -0.3 is 15.2 Å². The highest BCUT2D eigenvalue weighted by Crippen LogP contribution is 2.18. The van der Waals surface area contributed by atoms with Crippen molar-refractivity contribution < 1.29 is 9.59 Å². The zero-order valence-electron chi connectivity index (χ0n) is 19.0. The summed E-state index contributed by atoms with van der Waals surface area (Å²) in [6.45, 7) is 1.66. The van der Waals surface area contributed by atoms with Gasteiger partial charge in [-0.05, 0) is 24.6 Å². The molecule has 10 heteroatoms. The van der Waals surface area contributed by atoms with Crippen molar-refractivity contribution in [1.29, 1.82) is 0 Å². The van der Waals surface area contributed by atoms with Crippen LogP contribution in [0.4, 0.5) is 5.69 Å². The molecule has 0 saturated heterocycles. The van der Waals surface area contributed by atoms with Crippen molar-refractivity contribution in [2.75, 3.05) is 5.32 Å².